The van der Waals surface area contributed by atoms with E-state index >= 15 is 0 Å². The van der Waals surface area contributed by atoms with Gasteiger partial charge in [0.1, 0.15) is 6.04 Å². The maximum absolute atomic E-state index is 11.8. The number of rotatable bonds is 6. The third-order valence-corrected chi connectivity index (χ3v) is 3.79. The monoisotopic (exact) mass is 293 g/mol. The van der Waals surface area contributed by atoms with E-state index in [1.807, 2.05) is 35.2 Å². The lowest BCUT2D eigenvalue weighted by Crippen LogP contribution is -2.50. The molecule has 0 bridgehead atoms. The number of esters is 1. The molecule has 5 heteroatoms. The highest BCUT2D eigenvalue weighted by Gasteiger charge is 2.33. The first-order valence-electron chi connectivity index (χ1n) is 7.32. The number of aliphatic hydroxyl groups is 1. The van der Waals surface area contributed by atoms with E-state index in [2.05, 4.69) is 0 Å². The molecule has 2 atom stereocenters. The van der Waals surface area contributed by atoms with Gasteiger partial charge in [-0.2, -0.15) is 0 Å². The summed E-state index contributed by atoms with van der Waals surface area (Å²) in [6.45, 7) is 2.48. The van der Waals surface area contributed by atoms with Crippen LogP contribution in [0.15, 0.2) is 30.3 Å². The molecule has 21 heavy (non-hydrogen) atoms. The molecule has 5 nitrogen and oxygen atoms in total. The van der Waals surface area contributed by atoms with Crippen molar-refractivity contribution in [2.45, 2.75) is 31.6 Å². The Morgan fingerprint density at radius 2 is 2.14 bits per heavy atom. The molecular formula is C16H23NO4. The Hall–Kier alpha value is -1.43. The summed E-state index contributed by atoms with van der Waals surface area (Å²) in [7, 11) is 1.38. The fraction of sp³-hybridized carbons (Fsp3) is 0.562. The fourth-order valence-corrected chi connectivity index (χ4v) is 2.59. The SMILES string of the molecule is COC(=O)[C@@H]1C[C@H](O)CCN1CCOCc1ccccc1. The van der Waals surface area contributed by atoms with Crippen molar-refractivity contribution in [3.8, 4) is 0 Å². The summed E-state index contributed by atoms with van der Waals surface area (Å²) in [6, 6.07) is 9.63. The maximum Gasteiger partial charge on any atom is 0.323 e. The number of hydrogen-bond acceptors (Lipinski definition) is 5. The minimum absolute atomic E-state index is 0.281. The molecule has 0 aliphatic carbocycles. The Labute approximate surface area is 125 Å². The van der Waals surface area contributed by atoms with Gasteiger partial charge in [-0.05, 0) is 18.4 Å². The zero-order valence-electron chi connectivity index (χ0n) is 12.4. The van der Waals surface area contributed by atoms with Crippen molar-refractivity contribution < 1.29 is 19.4 Å². The Bertz CT molecular complexity index is 437. The molecule has 1 heterocycles. The second-order valence-electron chi connectivity index (χ2n) is 5.29. The molecule has 1 aromatic carbocycles. The van der Waals surface area contributed by atoms with Crippen molar-refractivity contribution >= 4 is 5.97 Å². The lowest BCUT2D eigenvalue weighted by molar-refractivity contribution is -0.150. The summed E-state index contributed by atoms with van der Waals surface area (Å²) in [4.78, 5) is 13.8. The standard InChI is InChI=1S/C16H23NO4/c1-20-16(19)15-11-14(18)7-8-17(15)9-10-21-12-13-5-3-2-4-6-13/h2-6,14-15,18H,7-12H2,1H3/t14-,15+/m1/s1. The molecule has 0 saturated carbocycles. The average Bonchev–Trinajstić information content (AvgIpc) is 2.53. The van der Waals surface area contributed by atoms with Crippen LogP contribution in [0.25, 0.3) is 0 Å². The zero-order valence-corrected chi connectivity index (χ0v) is 12.4. The molecule has 1 saturated heterocycles. The summed E-state index contributed by atoms with van der Waals surface area (Å²) in [5.41, 5.74) is 1.14. The molecule has 1 aliphatic heterocycles. The highest BCUT2D eigenvalue weighted by atomic mass is 16.5. The van der Waals surface area contributed by atoms with Crippen LogP contribution < -0.4 is 0 Å². The van der Waals surface area contributed by atoms with E-state index in [0.717, 1.165) is 5.56 Å². The van der Waals surface area contributed by atoms with Gasteiger partial charge >= 0.3 is 5.97 Å². The molecule has 1 fully saturated rings. The second kappa shape index (κ2) is 8.12. The normalized spacial score (nSPS) is 23.0. The van der Waals surface area contributed by atoms with Crippen LogP contribution in [0.4, 0.5) is 0 Å². The number of carbonyl (C=O) groups is 1. The first kappa shape index (κ1) is 15.9. The Balaban J connectivity index is 1.76. The minimum Gasteiger partial charge on any atom is -0.468 e. The van der Waals surface area contributed by atoms with Gasteiger partial charge in [-0.15, -0.1) is 0 Å². The average molecular weight is 293 g/mol. The molecule has 0 amide bonds. The summed E-state index contributed by atoms with van der Waals surface area (Å²) >= 11 is 0. The molecule has 116 valence electrons. The van der Waals surface area contributed by atoms with Crippen molar-refractivity contribution in [3.63, 3.8) is 0 Å². The number of methoxy groups -OCH3 is 1. The summed E-state index contributed by atoms with van der Waals surface area (Å²) < 4.78 is 10.5. The third kappa shape index (κ3) is 4.81. The van der Waals surface area contributed by atoms with Crippen molar-refractivity contribution in [2.75, 3.05) is 26.8 Å². The molecule has 1 N–H and O–H groups in total. The Kier molecular flexibility index (Phi) is 6.17. The van der Waals surface area contributed by atoms with E-state index in [0.29, 0.717) is 39.1 Å². The fourth-order valence-electron chi connectivity index (χ4n) is 2.59. The van der Waals surface area contributed by atoms with Crippen LogP contribution in [0.1, 0.15) is 18.4 Å². The zero-order chi connectivity index (χ0) is 15.1. The van der Waals surface area contributed by atoms with Gasteiger partial charge in [0.25, 0.3) is 0 Å². The van der Waals surface area contributed by atoms with Gasteiger partial charge in [0.2, 0.25) is 0 Å². The third-order valence-electron chi connectivity index (χ3n) is 3.79. The summed E-state index contributed by atoms with van der Waals surface area (Å²) in [6.07, 6.45) is 0.702. The Morgan fingerprint density at radius 3 is 2.86 bits per heavy atom. The Morgan fingerprint density at radius 1 is 1.38 bits per heavy atom. The number of hydrogen-bond donors (Lipinski definition) is 1. The molecule has 0 unspecified atom stereocenters. The highest BCUT2D eigenvalue weighted by molar-refractivity contribution is 5.75. The predicted molar refractivity (Wildman–Crippen MR) is 78.7 cm³/mol. The van der Waals surface area contributed by atoms with Gasteiger partial charge in [-0.3, -0.25) is 9.69 Å². The number of likely N-dealkylation sites (tertiary alicyclic amines) is 1. The quantitative estimate of drug-likeness (QED) is 0.631. The molecular weight excluding hydrogens is 270 g/mol. The number of piperidine rings is 1. The van der Waals surface area contributed by atoms with Crippen LogP contribution in [0.2, 0.25) is 0 Å². The second-order valence-corrected chi connectivity index (χ2v) is 5.29. The number of carbonyl (C=O) groups excluding carboxylic acids is 1. The van der Waals surface area contributed by atoms with Crippen LogP contribution in [0, 0.1) is 0 Å². The van der Waals surface area contributed by atoms with E-state index in [9.17, 15) is 9.90 Å². The van der Waals surface area contributed by atoms with Crippen molar-refractivity contribution in [2.24, 2.45) is 0 Å². The maximum atomic E-state index is 11.8. The number of ether oxygens (including phenoxy) is 2. The smallest absolute Gasteiger partial charge is 0.323 e. The van der Waals surface area contributed by atoms with Crippen LogP contribution in [-0.2, 0) is 20.9 Å². The molecule has 0 radical (unpaired) electrons. The van der Waals surface area contributed by atoms with Crippen LogP contribution in [-0.4, -0.2) is 54.9 Å². The van der Waals surface area contributed by atoms with E-state index in [1.165, 1.54) is 7.11 Å². The molecule has 2 rings (SSSR count). The highest BCUT2D eigenvalue weighted by Crippen LogP contribution is 2.18. The van der Waals surface area contributed by atoms with Crippen molar-refractivity contribution in [1.82, 2.24) is 4.90 Å². The predicted octanol–water partition coefficient (Wildman–Crippen LogP) is 1.20. The van der Waals surface area contributed by atoms with Crippen molar-refractivity contribution in [1.29, 1.82) is 0 Å². The van der Waals surface area contributed by atoms with Crippen LogP contribution in [0.5, 0.6) is 0 Å². The largest absolute Gasteiger partial charge is 0.468 e. The lowest BCUT2D eigenvalue weighted by Gasteiger charge is -2.35. The topological polar surface area (TPSA) is 59.0 Å². The number of benzene rings is 1. The molecule has 1 aromatic rings. The van der Waals surface area contributed by atoms with Gasteiger partial charge < -0.3 is 14.6 Å². The molecule has 0 aromatic heterocycles. The number of aliphatic hydroxyl groups excluding tert-OH is 1. The first-order chi connectivity index (χ1) is 10.2. The van der Waals surface area contributed by atoms with E-state index in [4.69, 9.17) is 9.47 Å². The van der Waals surface area contributed by atoms with Gasteiger partial charge in [-0.1, -0.05) is 30.3 Å². The van der Waals surface area contributed by atoms with E-state index in [-0.39, 0.29) is 12.0 Å². The summed E-state index contributed by atoms with van der Waals surface area (Å²) in [5.74, 6) is -0.281. The lowest BCUT2D eigenvalue weighted by atomic mass is 9.99. The minimum atomic E-state index is -0.421. The van der Waals surface area contributed by atoms with E-state index in [1.54, 1.807) is 0 Å². The first-order valence-corrected chi connectivity index (χ1v) is 7.32. The van der Waals surface area contributed by atoms with Crippen molar-refractivity contribution in [3.05, 3.63) is 35.9 Å². The molecule has 1 aliphatic rings. The van der Waals surface area contributed by atoms with E-state index < -0.39 is 6.10 Å². The van der Waals surface area contributed by atoms with Crippen LogP contribution >= 0.6 is 0 Å². The van der Waals surface area contributed by atoms with Gasteiger partial charge in [0, 0.05) is 13.1 Å². The van der Waals surface area contributed by atoms with Crippen LogP contribution in [0.3, 0.4) is 0 Å². The van der Waals surface area contributed by atoms with Gasteiger partial charge in [0.15, 0.2) is 0 Å². The van der Waals surface area contributed by atoms with Gasteiger partial charge in [-0.25, -0.2) is 0 Å². The summed E-state index contributed by atoms with van der Waals surface area (Å²) in [5, 5.41) is 9.70. The molecule has 0 spiro atoms. The number of nitrogens with zero attached hydrogens (tertiary/aromatic N) is 1. The van der Waals surface area contributed by atoms with Gasteiger partial charge in [0.05, 0.1) is 26.4 Å².